The molecule has 0 atom stereocenters. The molecule has 0 radical (unpaired) electrons. The van der Waals surface area contributed by atoms with Crippen molar-refractivity contribution in [3.63, 3.8) is 0 Å². The summed E-state index contributed by atoms with van der Waals surface area (Å²) in [6.45, 7) is 3.47. The number of nitrogens with one attached hydrogen (secondary N) is 2. The predicted octanol–water partition coefficient (Wildman–Crippen LogP) is 3.26. The van der Waals surface area contributed by atoms with E-state index in [1.54, 1.807) is 18.3 Å². The smallest absolute Gasteiger partial charge is 0.222 e. The fourth-order valence-corrected chi connectivity index (χ4v) is 2.58. The second-order valence-electron chi connectivity index (χ2n) is 5.17. The van der Waals surface area contributed by atoms with E-state index in [0.29, 0.717) is 37.0 Å². The molecule has 3 rings (SSSR count). The Morgan fingerprint density at radius 3 is 3.04 bits per heavy atom. The van der Waals surface area contributed by atoms with Crippen LogP contribution in [0.5, 0.6) is 11.6 Å². The van der Waals surface area contributed by atoms with Crippen LogP contribution in [0.3, 0.4) is 0 Å². The number of rotatable bonds is 4. The summed E-state index contributed by atoms with van der Waals surface area (Å²) in [4.78, 5) is 4.36. The maximum Gasteiger partial charge on any atom is 0.222 e. The topological polar surface area (TPSA) is 67.2 Å². The van der Waals surface area contributed by atoms with Gasteiger partial charge in [0.1, 0.15) is 18.2 Å². The van der Waals surface area contributed by atoms with E-state index in [-0.39, 0.29) is 5.82 Å². The largest absolute Gasteiger partial charge is 0.493 e. The van der Waals surface area contributed by atoms with Gasteiger partial charge in [-0.1, -0.05) is 0 Å². The summed E-state index contributed by atoms with van der Waals surface area (Å²) in [5.41, 5.74) is 2.84. The fraction of sp³-hybridized carbons (Fsp3) is 0.222. The zero-order chi connectivity index (χ0) is 16.9. The molecule has 6 heteroatoms. The molecule has 2 aromatic rings. The van der Waals surface area contributed by atoms with Crippen molar-refractivity contribution in [2.24, 2.45) is 0 Å². The lowest BCUT2D eigenvalue weighted by Gasteiger charge is -2.13. The first-order valence-corrected chi connectivity index (χ1v) is 7.73. The van der Waals surface area contributed by atoms with E-state index in [0.717, 1.165) is 16.8 Å². The molecule has 5 nitrogen and oxygen atoms in total. The number of allylic oxidation sites excluding steroid dienone is 1. The minimum Gasteiger partial charge on any atom is -0.493 e. The average Bonchev–Trinajstić information content (AvgIpc) is 2.79. The maximum atomic E-state index is 13.7. The van der Waals surface area contributed by atoms with Crippen molar-refractivity contribution in [1.82, 2.24) is 10.3 Å². The first-order valence-electron chi connectivity index (χ1n) is 7.73. The number of fused-ring (bicyclic) bond motifs is 1. The van der Waals surface area contributed by atoms with E-state index in [1.807, 2.05) is 13.0 Å². The number of benzene rings is 1. The van der Waals surface area contributed by atoms with Gasteiger partial charge in [-0.15, -0.1) is 0 Å². The zero-order valence-corrected chi connectivity index (χ0v) is 13.3. The minimum atomic E-state index is -0.340. The van der Waals surface area contributed by atoms with E-state index < -0.39 is 0 Å². The maximum absolute atomic E-state index is 13.7. The molecular weight excluding hydrogens is 309 g/mol. The van der Waals surface area contributed by atoms with Crippen molar-refractivity contribution < 1.29 is 13.9 Å². The minimum absolute atomic E-state index is 0.340. The van der Waals surface area contributed by atoms with Crippen LogP contribution in [0.4, 0.5) is 4.39 Å². The molecule has 0 fully saturated rings. The van der Waals surface area contributed by atoms with Crippen molar-refractivity contribution in [3.05, 3.63) is 47.9 Å². The normalized spacial score (nSPS) is 15.0. The predicted molar refractivity (Wildman–Crippen MR) is 91.1 cm³/mol. The summed E-state index contributed by atoms with van der Waals surface area (Å²) in [5, 5.41) is 10.5. The molecule has 1 aromatic carbocycles. The van der Waals surface area contributed by atoms with Gasteiger partial charge in [-0.3, -0.25) is 0 Å². The molecule has 0 amide bonds. The Balaban J connectivity index is 2.13. The van der Waals surface area contributed by atoms with Gasteiger partial charge in [0.25, 0.3) is 0 Å². The number of halogens is 1. The van der Waals surface area contributed by atoms with Gasteiger partial charge in [0.15, 0.2) is 0 Å². The third-order valence-corrected chi connectivity index (χ3v) is 3.60. The van der Waals surface area contributed by atoms with E-state index in [4.69, 9.17) is 14.9 Å². The molecule has 0 bridgehead atoms. The average molecular weight is 327 g/mol. The van der Waals surface area contributed by atoms with Crippen LogP contribution >= 0.6 is 0 Å². The SMILES string of the molecule is CCOc1ccc(F)cc1-c1cnc2c(c1)/C(=C/C=N)NCCO2. The van der Waals surface area contributed by atoms with Crippen molar-refractivity contribution >= 4 is 11.9 Å². The molecule has 0 saturated carbocycles. The van der Waals surface area contributed by atoms with Crippen LogP contribution in [0.1, 0.15) is 12.5 Å². The molecular formula is C18H18FN3O2. The van der Waals surface area contributed by atoms with E-state index in [2.05, 4.69) is 10.3 Å². The second kappa shape index (κ2) is 7.12. The van der Waals surface area contributed by atoms with Crippen LogP contribution in [-0.4, -0.2) is 31.0 Å². The van der Waals surface area contributed by atoms with E-state index in [9.17, 15) is 4.39 Å². The van der Waals surface area contributed by atoms with Crippen molar-refractivity contribution in [1.29, 1.82) is 5.41 Å². The summed E-state index contributed by atoms with van der Waals surface area (Å²) in [6, 6.07) is 6.28. The Labute approximate surface area is 139 Å². The van der Waals surface area contributed by atoms with Crippen LogP contribution in [0.25, 0.3) is 16.8 Å². The van der Waals surface area contributed by atoms with Gasteiger partial charge >= 0.3 is 0 Å². The highest BCUT2D eigenvalue weighted by molar-refractivity contribution is 5.85. The lowest BCUT2D eigenvalue weighted by atomic mass is 10.0. The number of hydrogen-bond donors (Lipinski definition) is 2. The first kappa shape index (κ1) is 16.0. The van der Waals surface area contributed by atoms with E-state index in [1.165, 1.54) is 18.3 Å². The number of aromatic nitrogens is 1. The van der Waals surface area contributed by atoms with Gasteiger partial charge in [-0.2, -0.15) is 0 Å². The van der Waals surface area contributed by atoms with Gasteiger partial charge in [0, 0.05) is 35.8 Å². The third-order valence-electron chi connectivity index (χ3n) is 3.60. The monoisotopic (exact) mass is 327 g/mol. The number of hydrogen-bond acceptors (Lipinski definition) is 5. The summed E-state index contributed by atoms with van der Waals surface area (Å²) in [5.74, 6) is 0.750. The number of nitrogens with zero attached hydrogens (tertiary/aromatic N) is 1. The third kappa shape index (κ3) is 3.22. The Morgan fingerprint density at radius 2 is 2.25 bits per heavy atom. The highest BCUT2D eigenvalue weighted by Crippen LogP contribution is 2.34. The summed E-state index contributed by atoms with van der Waals surface area (Å²) >= 11 is 0. The van der Waals surface area contributed by atoms with Crippen molar-refractivity contribution in [2.45, 2.75) is 6.92 Å². The van der Waals surface area contributed by atoms with Crippen molar-refractivity contribution in [3.8, 4) is 22.8 Å². The molecule has 1 aliphatic rings. The van der Waals surface area contributed by atoms with Crippen LogP contribution in [-0.2, 0) is 0 Å². The molecule has 124 valence electrons. The fourth-order valence-electron chi connectivity index (χ4n) is 2.58. The van der Waals surface area contributed by atoms with Crippen LogP contribution in [0.15, 0.2) is 36.5 Å². The highest BCUT2D eigenvalue weighted by Gasteiger charge is 2.17. The Hall–Kier alpha value is -2.89. The molecule has 24 heavy (non-hydrogen) atoms. The Kier molecular flexibility index (Phi) is 4.74. The second-order valence-corrected chi connectivity index (χ2v) is 5.17. The lowest BCUT2D eigenvalue weighted by Crippen LogP contribution is -2.15. The van der Waals surface area contributed by atoms with E-state index >= 15 is 0 Å². The van der Waals surface area contributed by atoms with Crippen molar-refractivity contribution in [2.75, 3.05) is 19.8 Å². The molecule has 2 heterocycles. The summed E-state index contributed by atoms with van der Waals surface area (Å²) in [6.07, 6.45) is 4.50. The van der Waals surface area contributed by atoms with Crippen LogP contribution < -0.4 is 14.8 Å². The zero-order valence-electron chi connectivity index (χ0n) is 13.3. The summed E-state index contributed by atoms with van der Waals surface area (Å²) in [7, 11) is 0. The Bertz CT molecular complexity index is 790. The van der Waals surface area contributed by atoms with Crippen LogP contribution in [0, 0.1) is 11.2 Å². The molecule has 0 saturated heterocycles. The first-order chi connectivity index (χ1) is 11.7. The van der Waals surface area contributed by atoms with Gasteiger partial charge in [0.2, 0.25) is 5.88 Å². The molecule has 0 aliphatic carbocycles. The standard InChI is InChI=1S/C18H18FN3O2/c1-2-23-17-4-3-13(19)10-14(17)12-9-15-16(5-6-20)21-7-8-24-18(15)22-11-12/h3-6,9-11,20-21H,2,7-8H2,1H3/b16-5-,20-6?. The van der Waals surface area contributed by atoms with Gasteiger partial charge in [-0.05, 0) is 37.3 Å². The molecule has 1 aliphatic heterocycles. The quantitative estimate of drug-likeness (QED) is 0.846. The molecule has 0 spiro atoms. The molecule has 0 unspecified atom stereocenters. The number of pyridine rings is 1. The summed E-state index contributed by atoms with van der Waals surface area (Å²) < 4.78 is 24.9. The van der Waals surface area contributed by atoms with Crippen LogP contribution in [0.2, 0.25) is 0 Å². The van der Waals surface area contributed by atoms with Gasteiger partial charge in [0.05, 0.1) is 12.2 Å². The number of ether oxygens (including phenoxy) is 2. The van der Waals surface area contributed by atoms with Gasteiger partial charge < -0.3 is 20.2 Å². The van der Waals surface area contributed by atoms with Gasteiger partial charge in [-0.25, -0.2) is 9.37 Å². The highest BCUT2D eigenvalue weighted by atomic mass is 19.1. The Morgan fingerprint density at radius 1 is 1.38 bits per heavy atom. The molecule has 1 aromatic heterocycles. The molecule has 2 N–H and O–H groups in total. The lowest BCUT2D eigenvalue weighted by molar-refractivity contribution is 0.315.